The molecule has 3 fully saturated rings. The van der Waals surface area contributed by atoms with E-state index in [0.29, 0.717) is 6.04 Å². The van der Waals surface area contributed by atoms with Gasteiger partial charge in [-0.1, -0.05) is 30.3 Å². The van der Waals surface area contributed by atoms with Gasteiger partial charge in [-0.2, -0.15) is 0 Å². The predicted octanol–water partition coefficient (Wildman–Crippen LogP) is 3.03. The van der Waals surface area contributed by atoms with Crippen LogP contribution < -0.4 is 0 Å². The minimum Gasteiger partial charge on any atom is -0.310 e. The molecule has 0 N–H and O–H groups in total. The number of carbonyl (C=O) groups is 2. The zero-order chi connectivity index (χ0) is 17.6. The summed E-state index contributed by atoms with van der Waals surface area (Å²) in [7, 11) is 0. The highest BCUT2D eigenvalue weighted by atomic mass is 16.2. The summed E-state index contributed by atoms with van der Waals surface area (Å²) in [6, 6.07) is 10.9. The highest BCUT2D eigenvalue weighted by Crippen LogP contribution is 2.39. The van der Waals surface area contributed by atoms with E-state index in [0.717, 1.165) is 45.3 Å². The fourth-order valence-corrected chi connectivity index (χ4v) is 4.76. The Morgan fingerprint density at radius 1 is 1.08 bits per heavy atom. The molecule has 3 aliphatic rings. The average molecular weight is 341 g/mol. The molecule has 1 aromatic rings. The van der Waals surface area contributed by atoms with Crippen LogP contribution in [0.15, 0.2) is 30.3 Å². The molecule has 3 amide bonds. The van der Waals surface area contributed by atoms with E-state index in [-0.39, 0.29) is 18.0 Å². The summed E-state index contributed by atoms with van der Waals surface area (Å²) in [4.78, 5) is 31.5. The van der Waals surface area contributed by atoms with Gasteiger partial charge in [-0.05, 0) is 45.1 Å². The smallest absolute Gasteiger partial charge is 0.310 e. The summed E-state index contributed by atoms with van der Waals surface area (Å²) in [5.41, 5.74) is 0.744. The Kier molecular flexibility index (Phi) is 4.07. The summed E-state index contributed by atoms with van der Waals surface area (Å²) in [6.45, 7) is 6.75. The zero-order valence-corrected chi connectivity index (χ0v) is 15.1. The molecule has 0 unspecified atom stereocenters. The molecule has 0 aromatic heterocycles. The Bertz CT molecular complexity index is 669. The minimum atomic E-state index is -0.578. The van der Waals surface area contributed by atoms with E-state index in [2.05, 4.69) is 36.1 Å². The molecule has 1 aromatic carbocycles. The SMILES string of the molecule is C[C@@H](c1ccccc1)N1CCC(N2C(=O)N3CCC[C@@]3(C)C2=O)CC1. The van der Waals surface area contributed by atoms with Crippen molar-refractivity contribution >= 4 is 11.9 Å². The third kappa shape index (κ3) is 2.56. The van der Waals surface area contributed by atoms with Gasteiger partial charge in [0.1, 0.15) is 5.54 Å². The van der Waals surface area contributed by atoms with Crippen molar-refractivity contribution in [1.29, 1.82) is 0 Å². The first-order valence-corrected chi connectivity index (χ1v) is 9.46. The van der Waals surface area contributed by atoms with Crippen LogP contribution in [0, 0.1) is 0 Å². The maximum absolute atomic E-state index is 12.9. The molecule has 5 nitrogen and oxygen atoms in total. The van der Waals surface area contributed by atoms with Crippen LogP contribution in [-0.2, 0) is 4.79 Å². The van der Waals surface area contributed by atoms with E-state index in [1.807, 2.05) is 13.0 Å². The molecule has 3 heterocycles. The van der Waals surface area contributed by atoms with Crippen LogP contribution in [0.3, 0.4) is 0 Å². The Morgan fingerprint density at radius 2 is 1.76 bits per heavy atom. The Balaban J connectivity index is 1.43. The molecule has 0 bridgehead atoms. The van der Waals surface area contributed by atoms with Crippen LogP contribution in [0.1, 0.15) is 51.1 Å². The molecule has 3 saturated heterocycles. The lowest BCUT2D eigenvalue weighted by atomic mass is 9.96. The van der Waals surface area contributed by atoms with Crippen LogP contribution >= 0.6 is 0 Å². The maximum atomic E-state index is 12.9. The first-order chi connectivity index (χ1) is 12.0. The second kappa shape index (κ2) is 6.13. The molecule has 0 saturated carbocycles. The molecular formula is C20H27N3O2. The normalized spacial score (nSPS) is 29.4. The Labute approximate surface area is 149 Å². The van der Waals surface area contributed by atoms with Crippen molar-refractivity contribution in [2.45, 2.75) is 57.2 Å². The monoisotopic (exact) mass is 341 g/mol. The number of fused-ring (bicyclic) bond motifs is 1. The Hall–Kier alpha value is -1.88. The molecule has 4 rings (SSSR count). The third-order valence-electron chi connectivity index (χ3n) is 6.45. The van der Waals surface area contributed by atoms with Gasteiger partial charge in [-0.15, -0.1) is 0 Å². The highest BCUT2D eigenvalue weighted by molar-refractivity contribution is 6.07. The zero-order valence-electron chi connectivity index (χ0n) is 15.1. The first kappa shape index (κ1) is 16.6. The fourth-order valence-electron chi connectivity index (χ4n) is 4.76. The lowest BCUT2D eigenvalue weighted by molar-refractivity contribution is -0.134. The number of hydrogen-bond acceptors (Lipinski definition) is 3. The van der Waals surface area contributed by atoms with Gasteiger partial charge in [0.2, 0.25) is 0 Å². The van der Waals surface area contributed by atoms with Crippen molar-refractivity contribution in [2.75, 3.05) is 19.6 Å². The lowest BCUT2D eigenvalue weighted by Crippen LogP contribution is -2.49. The van der Waals surface area contributed by atoms with E-state index >= 15 is 0 Å². The molecule has 0 spiro atoms. The van der Waals surface area contributed by atoms with Crippen LogP contribution in [0.25, 0.3) is 0 Å². The van der Waals surface area contributed by atoms with Crippen LogP contribution in [0.4, 0.5) is 4.79 Å². The van der Waals surface area contributed by atoms with Crippen molar-refractivity contribution in [1.82, 2.24) is 14.7 Å². The van der Waals surface area contributed by atoms with Crippen LogP contribution in [0.5, 0.6) is 0 Å². The molecule has 25 heavy (non-hydrogen) atoms. The number of rotatable bonds is 3. The number of imide groups is 1. The van der Waals surface area contributed by atoms with Crippen LogP contribution in [0.2, 0.25) is 0 Å². The van der Waals surface area contributed by atoms with Crippen molar-refractivity contribution in [3.05, 3.63) is 35.9 Å². The second-order valence-corrected chi connectivity index (χ2v) is 7.84. The highest BCUT2D eigenvalue weighted by Gasteiger charge is 2.58. The second-order valence-electron chi connectivity index (χ2n) is 7.84. The van der Waals surface area contributed by atoms with Gasteiger partial charge in [0.15, 0.2) is 0 Å². The summed E-state index contributed by atoms with van der Waals surface area (Å²) in [5, 5.41) is 0. The number of benzene rings is 1. The largest absolute Gasteiger partial charge is 0.327 e. The lowest BCUT2D eigenvalue weighted by Gasteiger charge is -2.38. The third-order valence-corrected chi connectivity index (χ3v) is 6.45. The van der Waals surface area contributed by atoms with Gasteiger partial charge in [-0.3, -0.25) is 14.6 Å². The molecule has 5 heteroatoms. The van der Waals surface area contributed by atoms with Gasteiger partial charge in [0.25, 0.3) is 5.91 Å². The standard InChI is InChI=1S/C20H27N3O2/c1-15(16-7-4-3-5-8-16)21-13-9-17(10-14-21)23-18(24)20(2)11-6-12-22(20)19(23)25/h3-5,7-8,15,17H,6,9-14H2,1-2H3/t15-,20-/m0/s1. The van der Waals surface area contributed by atoms with Gasteiger partial charge in [0, 0.05) is 31.7 Å². The molecule has 0 aliphatic carbocycles. The minimum absolute atomic E-state index is 0.0320. The summed E-state index contributed by atoms with van der Waals surface area (Å²) in [5.74, 6) is 0.0320. The molecule has 2 atom stereocenters. The number of carbonyl (C=O) groups excluding carboxylic acids is 2. The average Bonchev–Trinajstić information content (AvgIpc) is 3.12. The van der Waals surface area contributed by atoms with Crippen molar-refractivity contribution in [2.24, 2.45) is 0 Å². The Morgan fingerprint density at radius 3 is 2.40 bits per heavy atom. The molecule has 3 aliphatic heterocycles. The van der Waals surface area contributed by atoms with E-state index in [4.69, 9.17) is 0 Å². The molecule has 0 radical (unpaired) electrons. The van der Waals surface area contributed by atoms with E-state index in [1.54, 1.807) is 9.80 Å². The topological polar surface area (TPSA) is 43.9 Å². The van der Waals surface area contributed by atoms with Crippen LogP contribution in [-0.4, -0.2) is 57.9 Å². The number of urea groups is 1. The van der Waals surface area contributed by atoms with Crippen molar-refractivity contribution in [3.63, 3.8) is 0 Å². The molecule has 134 valence electrons. The summed E-state index contributed by atoms with van der Waals surface area (Å²) >= 11 is 0. The fraction of sp³-hybridized carbons (Fsp3) is 0.600. The number of piperidine rings is 1. The molecular weight excluding hydrogens is 314 g/mol. The van der Waals surface area contributed by atoms with Crippen molar-refractivity contribution < 1.29 is 9.59 Å². The first-order valence-electron chi connectivity index (χ1n) is 9.46. The number of nitrogens with zero attached hydrogens (tertiary/aromatic N) is 3. The summed E-state index contributed by atoms with van der Waals surface area (Å²) < 4.78 is 0. The summed E-state index contributed by atoms with van der Waals surface area (Å²) in [6.07, 6.45) is 3.49. The van der Waals surface area contributed by atoms with E-state index in [9.17, 15) is 9.59 Å². The maximum Gasteiger partial charge on any atom is 0.327 e. The number of likely N-dealkylation sites (tertiary alicyclic amines) is 1. The van der Waals surface area contributed by atoms with Gasteiger partial charge < -0.3 is 4.90 Å². The number of amides is 3. The van der Waals surface area contributed by atoms with Gasteiger partial charge in [0.05, 0.1) is 0 Å². The van der Waals surface area contributed by atoms with Gasteiger partial charge in [-0.25, -0.2) is 4.79 Å². The van der Waals surface area contributed by atoms with Gasteiger partial charge >= 0.3 is 6.03 Å². The van der Waals surface area contributed by atoms with E-state index in [1.165, 1.54) is 5.56 Å². The number of hydrogen-bond donors (Lipinski definition) is 0. The quantitative estimate of drug-likeness (QED) is 0.794. The van der Waals surface area contributed by atoms with Crippen molar-refractivity contribution in [3.8, 4) is 0 Å². The van der Waals surface area contributed by atoms with E-state index < -0.39 is 5.54 Å². The predicted molar refractivity (Wildman–Crippen MR) is 96.0 cm³/mol.